The van der Waals surface area contributed by atoms with Gasteiger partial charge in [0.2, 0.25) is 5.91 Å². The molecule has 0 saturated heterocycles. The highest BCUT2D eigenvalue weighted by Crippen LogP contribution is 2.21. The number of hydrogen-bond acceptors (Lipinski definition) is 2. The van der Waals surface area contributed by atoms with Crippen LogP contribution >= 0.6 is 0 Å². The van der Waals surface area contributed by atoms with E-state index in [9.17, 15) is 4.79 Å². The van der Waals surface area contributed by atoms with E-state index in [2.05, 4.69) is 38.2 Å². The normalized spacial score (nSPS) is 12.2. The van der Waals surface area contributed by atoms with Crippen molar-refractivity contribution < 1.29 is 4.79 Å². The molecule has 16 heavy (non-hydrogen) atoms. The number of anilines is 1. The molecule has 1 unspecified atom stereocenters. The van der Waals surface area contributed by atoms with E-state index in [0.717, 1.165) is 5.69 Å². The van der Waals surface area contributed by atoms with Gasteiger partial charge in [0.15, 0.2) is 0 Å². The summed E-state index contributed by atoms with van der Waals surface area (Å²) in [5.41, 5.74) is 9.99. The van der Waals surface area contributed by atoms with E-state index in [1.807, 2.05) is 6.92 Å². The molecule has 0 bridgehead atoms. The largest absolute Gasteiger partial charge is 0.384 e. The molecule has 0 aliphatic rings. The van der Waals surface area contributed by atoms with Crippen molar-refractivity contribution in [3.8, 4) is 0 Å². The van der Waals surface area contributed by atoms with Crippen molar-refractivity contribution in [3.63, 3.8) is 0 Å². The lowest BCUT2D eigenvalue weighted by molar-refractivity contribution is -0.120. The molecule has 88 valence electrons. The fourth-order valence-electron chi connectivity index (χ4n) is 1.81. The molecule has 3 heteroatoms. The summed E-state index contributed by atoms with van der Waals surface area (Å²) in [6, 6.07) is 4.26. The number of nitrogens with one attached hydrogen (secondary N) is 1. The lowest BCUT2D eigenvalue weighted by Gasteiger charge is -2.15. The van der Waals surface area contributed by atoms with Crippen LogP contribution in [-0.4, -0.2) is 12.5 Å². The number of amides is 1. The Hall–Kier alpha value is -1.51. The second-order valence-corrected chi connectivity index (χ2v) is 4.46. The van der Waals surface area contributed by atoms with Gasteiger partial charge >= 0.3 is 0 Å². The van der Waals surface area contributed by atoms with Crippen molar-refractivity contribution in [3.05, 3.63) is 28.8 Å². The van der Waals surface area contributed by atoms with Crippen molar-refractivity contribution in [2.75, 3.05) is 11.9 Å². The number of hydrogen-bond donors (Lipinski definition) is 2. The smallest absolute Gasteiger partial charge is 0.222 e. The monoisotopic (exact) mass is 220 g/mol. The summed E-state index contributed by atoms with van der Waals surface area (Å²) in [5.74, 6) is -0.421. The van der Waals surface area contributed by atoms with Crippen LogP contribution in [0.3, 0.4) is 0 Å². The molecule has 1 aromatic rings. The van der Waals surface area contributed by atoms with Crippen LogP contribution in [0.15, 0.2) is 12.1 Å². The Kier molecular flexibility index (Phi) is 3.93. The maximum atomic E-state index is 10.9. The molecule has 0 aromatic heterocycles. The van der Waals surface area contributed by atoms with Crippen LogP contribution in [-0.2, 0) is 4.79 Å². The van der Waals surface area contributed by atoms with Crippen LogP contribution < -0.4 is 11.1 Å². The van der Waals surface area contributed by atoms with Crippen molar-refractivity contribution in [2.45, 2.75) is 27.7 Å². The first kappa shape index (κ1) is 12.6. The second kappa shape index (κ2) is 5.01. The Morgan fingerprint density at radius 3 is 2.25 bits per heavy atom. The fraction of sp³-hybridized carbons (Fsp3) is 0.462. The average Bonchev–Trinajstić information content (AvgIpc) is 2.15. The van der Waals surface area contributed by atoms with Gasteiger partial charge in [0.05, 0.1) is 5.92 Å². The summed E-state index contributed by atoms with van der Waals surface area (Å²) in [5, 5.41) is 3.29. The van der Waals surface area contributed by atoms with E-state index in [1.54, 1.807) is 0 Å². The lowest BCUT2D eigenvalue weighted by atomic mass is 10.0. The number of primary amides is 1. The first-order valence-electron chi connectivity index (χ1n) is 5.53. The predicted molar refractivity (Wildman–Crippen MR) is 67.5 cm³/mol. The number of aryl methyl sites for hydroxylation is 3. The molecule has 0 fully saturated rings. The Labute approximate surface area is 97.0 Å². The van der Waals surface area contributed by atoms with Crippen LogP contribution in [0.1, 0.15) is 23.6 Å². The Morgan fingerprint density at radius 2 is 1.81 bits per heavy atom. The van der Waals surface area contributed by atoms with Gasteiger partial charge in [-0.2, -0.15) is 0 Å². The third kappa shape index (κ3) is 2.99. The highest BCUT2D eigenvalue weighted by atomic mass is 16.1. The molecule has 1 atom stereocenters. The average molecular weight is 220 g/mol. The van der Waals surface area contributed by atoms with E-state index in [4.69, 9.17) is 5.73 Å². The molecule has 0 radical (unpaired) electrons. The van der Waals surface area contributed by atoms with E-state index in [-0.39, 0.29) is 11.8 Å². The van der Waals surface area contributed by atoms with Crippen molar-refractivity contribution in [1.82, 2.24) is 0 Å². The number of carbonyl (C=O) groups excluding carboxylic acids is 1. The summed E-state index contributed by atoms with van der Waals surface area (Å²) in [4.78, 5) is 10.9. The predicted octanol–water partition coefficient (Wildman–Crippen LogP) is 2.15. The number of carbonyl (C=O) groups is 1. The SMILES string of the molecule is Cc1cc(C)c(NCC(C)C(N)=O)c(C)c1. The zero-order valence-corrected chi connectivity index (χ0v) is 10.4. The molecule has 0 aliphatic heterocycles. The highest BCUT2D eigenvalue weighted by molar-refractivity contribution is 5.77. The van der Waals surface area contributed by atoms with Crippen LogP contribution in [0, 0.1) is 26.7 Å². The first-order chi connectivity index (χ1) is 7.41. The quantitative estimate of drug-likeness (QED) is 0.816. The molecule has 0 saturated carbocycles. The Morgan fingerprint density at radius 1 is 1.31 bits per heavy atom. The van der Waals surface area contributed by atoms with Gasteiger partial charge in [-0.25, -0.2) is 0 Å². The van der Waals surface area contributed by atoms with Gasteiger partial charge in [-0.1, -0.05) is 24.6 Å². The van der Waals surface area contributed by atoms with Gasteiger partial charge in [0.1, 0.15) is 0 Å². The number of benzene rings is 1. The molecule has 0 heterocycles. The minimum absolute atomic E-state index is 0.153. The zero-order chi connectivity index (χ0) is 12.3. The molecule has 3 N–H and O–H groups in total. The van der Waals surface area contributed by atoms with Crippen molar-refractivity contribution in [1.29, 1.82) is 0 Å². The maximum Gasteiger partial charge on any atom is 0.222 e. The van der Waals surface area contributed by atoms with Gasteiger partial charge < -0.3 is 11.1 Å². The van der Waals surface area contributed by atoms with Crippen molar-refractivity contribution >= 4 is 11.6 Å². The summed E-state index contributed by atoms with van der Waals surface area (Å²) in [6.07, 6.45) is 0. The molecule has 3 nitrogen and oxygen atoms in total. The summed E-state index contributed by atoms with van der Waals surface area (Å²) in [6.45, 7) is 8.62. The van der Waals surface area contributed by atoms with Crippen LogP contribution in [0.4, 0.5) is 5.69 Å². The molecular formula is C13H20N2O. The third-order valence-electron chi connectivity index (χ3n) is 2.75. The second-order valence-electron chi connectivity index (χ2n) is 4.46. The Bertz CT molecular complexity index is 376. The fourth-order valence-corrected chi connectivity index (χ4v) is 1.81. The van der Waals surface area contributed by atoms with Crippen LogP contribution in [0.5, 0.6) is 0 Å². The van der Waals surface area contributed by atoms with Gasteiger partial charge in [0, 0.05) is 12.2 Å². The maximum absolute atomic E-state index is 10.9. The minimum atomic E-state index is -0.269. The molecule has 0 spiro atoms. The number of nitrogens with two attached hydrogens (primary N) is 1. The standard InChI is InChI=1S/C13H20N2O/c1-8-5-9(2)12(10(3)6-8)15-7-11(4)13(14)16/h5-6,11,15H,7H2,1-4H3,(H2,14,16). The molecular weight excluding hydrogens is 200 g/mol. The highest BCUT2D eigenvalue weighted by Gasteiger charge is 2.10. The first-order valence-corrected chi connectivity index (χ1v) is 5.53. The third-order valence-corrected chi connectivity index (χ3v) is 2.75. The van der Waals surface area contributed by atoms with Gasteiger partial charge in [0.25, 0.3) is 0 Å². The van der Waals surface area contributed by atoms with Gasteiger partial charge in [-0.05, 0) is 31.9 Å². The molecule has 1 rings (SSSR count). The van der Waals surface area contributed by atoms with Crippen LogP contribution in [0.2, 0.25) is 0 Å². The number of rotatable bonds is 4. The van der Waals surface area contributed by atoms with E-state index in [1.165, 1.54) is 16.7 Å². The molecule has 1 aromatic carbocycles. The topological polar surface area (TPSA) is 55.1 Å². The Balaban J connectivity index is 2.78. The van der Waals surface area contributed by atoms with Crippen molar-refractivity contribution in [2.24, 2.45) is 11.7 Å². The summed E-state index contributed by atoms with van der Waals surface area (Å²) >= 11 is 0. The lowest BCUT2D eigenvalue weighted by Crippen LogP contribution is -2.27. The van der Waals surface area contributed by atoms with Crippen LogP contribution in [0.25, 0.3) is 0 Å². The van der Waals surface area contributed by atoms with Gasteiger partial charge in [-0.3, -0.25) is 4.79 Å². The summed E-state index contributed by atoms with van der Waals surface area (Å²) < 4.78 is 0. The van der Waals surface area contributed by atoms with Gasteiger partial charge in [-0.15, -0.1) is 0 Å². The van der Waals surface area contributed by atoms with E-state index < -0.39 is 0 Å². The van der Waals surface area contributed by atoms with E-state index in [0.29, 0.717) is 6.54 Å². The zero-order valence-electron chi connectivity index (χ0n) is 10.4. The van der Waals surface area contributed by atoms with E-state index >= 15 is 0 Å². The summed E-state index contributed by atoms with van der Waals surface area (Å²) in [7, 11) is 0. The minimum Gasteiger partial charge on any atom is -0.384 e. The molecule has 1 amide bonds. The molecule has 0 aliphatic carbocycles.